The van der Waals surface area contributed by atoms with Crippen LogP contribution in [0.4, 0.5) is 5.69 Å². The molecule has 4 aromatic rings. The molecule has 0 aliphatic rings. The van der Waals surface area contributed by atoms with Gasteiger partial charge in [-0.1, -0.05) is 23.2 Å². The Kier molecular flexibility index (Phi) is 3.94. The van der Waals surface area contributed by atoms with E-state index in [2.05, 4.69) is 15.3 Å². The first kappa shape index (κ1) is 16.6. The Bertz CT molecular complexity index is 1140. The average molecular weight is 388 g/mol. The van der Waals surface area contributed by atoms with Crippen LogP contribution in [0.3, 0.4) is 0 Å². The van der Waals surface area contributed by atoms with Crippen LogP contribution in [0.1, 0.15) is 16.1 Å². The van der Waals surface area contributed by atoms with Crippen LogP contribution < -0.4 is 5.32 Å². The number of carbonyl (C=O) groups is 1. The van der Waals surface area contributed by atoms with E-state index in [0.29, 0.717) is 16.8 Å². The molecule has 8 heteroatoms. The number of hydrogen-bond acceptors (Lipinski definition) is 5. The number of amides is 1. The fraction of sp³-hybridized carbons (Fsp3) is 0.0556. The first-order valence-corrected chi connectivity index (χ1v) is 8.33. The Morgan fingerprint density at radius 2 is 2.04 bits per heavy atom. The maximum atomic E-state index is 12.9. The SMILES string of the molecule is Cc1cc(-c2c(C(=O)Nc3cnc(Cl)c(Cl)c3)c3cc(O)c2o3)ccn1. The van der Waals surface area contributed by atoms with Gasteiger partial charge in [-0.15, -0.1) is 0 Å². The van der Waals surface area contributed by atoms with E-state index in [1.807, 2.05) is 13.0 Å². The van der Waals surface area contributed by atoms with Crippen molar-refractivity contribution in [3.8, 4) is 16.9 Å². The van der Waals surface area contributed by atoms with Crippen molar-refractivity contribution in [2.24, 2.45) is 0 Å². The van der Waals surface area contributed by atoms with Gasteiger partial charge in [-0.3, -0.25) is 9.78 Å². The van der Waals surface area contributed by atoms with Crippen LogP contribution in [0, 0.1) is 6.92 Å². The second-order valence-electron chi connectivity index (χ2n) is 5.71. The number of pyridine rings is 2. The molecule has 0 spiro atoms. The molecule has 26 heavy (non-hydrogen) atoms. The quantitative estimate of drug-likeness (QED) is 0.488. The van der Waals surface area contributed by atoms with E-state index in [1.165, 1.54) is 18.3 Å². The van der Waals surface area contributed by atoms with Gasteiger partial charge in [-0.25, -0.2) is 4.98 Å². The summed E-state index contributed by atoms with van der Waals surface area (Å²) in [4.78, 5) is 20.9. The highest BCUT2D eigenvalue weighted by Gasteiger charge is 2.27. The third-order valence-corrected chi connectivity index (χ3v) is 4.59. The molecule has 0 aliphatic carbocycles. The molecule has 0 unspecified atom stereocenters. The number of aromatic nitrogens is 2. The number of benzene rings is 1. The molecule has 0 saturated heterocycles. The molecule has 6 nitrogen and oxygen atoms in total. The smallest absolute Gasteiger partial charge is 0.260 e. The highest BCUT2D eigenvalue weighted by molar-refractivity contribution is 6.41. The Balaban J connectivity index is 1.79. The van der Waals surface area contributed by atoms with E-state index in [-0.39, 0.29) is 27.1 Å². The van der Waals surface area contributed by atoms with Gasteiger partial charge < -0.3 is 14.8 Å². The summed E-state index contributed by atoms with van der Waals surface area (Å²) >= 11 is 11.7. The van der Waals surface area contributed by atoms with Gasteiger partial charge in [-0.05, 0) is 30.7 Å². The first-order valence-electron chi connectivity index (χ1n) is 7.57. The molecule has 0 radical (unpaired) electrons. The van der Waals surface area contributed by atoms with Gasteiger partial charge in [0.25, 0.3) is 5.91 Å². The highest BCUT2D eigenvalue weighted by Crippen LogP contribution is 2.43. The summed E-state index contributed by atoms with van der Waals surface area (Å²) in [5.74, 6) is -0.430. The van der Waals surface area contributed by atoms with Crippen LogP contribution in [0.25, 0.3) is 22.3 Å². The second kappa shape index (κ2) is 6.16. The van der Waals surface area contributed by atoms with Crippen molar-refractivity contribution in [2.75, 3.05) is 5.32 Å². The van der Waals surface area contributed by atoms with Crippen molar-refractivity contribution in [1.82, 2.24) is 9.97 Å². The van der Waals surface area contributed by atoms with Crippen LogP contribution in [0.5, 0.6) is 5.75 Å². The molecule has 0 aromatic carbocycles. The Hall–Kier alpha value is -2.83. The zero-order chi connectivity index (χ0) is 18.4. The summed E-state index contributed by atoms with van der Waals surface area (Å²) in [6, 6.07) is 6.48. The molecule has 2 bridgehead atoms. The van der Waals surface area contributed by atoms with Crippen LogP contribution in [-0.2, 0) is 0 Å². The molecule has 4 rings (SSSR count). The van der Waals surface area contributed by atoms with Gasteiger partial charge in [0.2, 0.25) is 0 Å². The maximum absolute atomic E-state index is 12.9. The molecule has 4 heterocycles. The van der Waals surface area contributed by atoms with E-state index in [9.17, 15) is 9.90 Å². The number of fused-ring (bicyclic) bond motifs is 2. The minimum absolute atomic E-state index is 0.0165. The minimum atomic E-state index is -0.414. The van der Waals surface area contributed by atoms with Gasteiger partial charge in [0, 0.05) is 23.5 Å². The largest absolute Gasteiger partial charge is 0.504 e. The lowest BCUT2D eigenvalue weighted by atomic mass is 9.99. The van der Waals surface area contributed by atoms with Crippen LogP contribution in [-0.4, -0.2) is 21.0 Å². The fourth-order valence-corrected chi connectivity index (χ4v) is 3.08. The number of phenols is 1. The fourth-order valence-electron chi connectivity index (χ4n) is 2.81. The molecular weight excluding hydrogens is 377 g/mol. The van der Waals surface area contributed by atoms with Crippen molar-refractivity contribution >= 4 is 46.0 Å². The molecule has 0 saturated carbocycles. The van der Waals surface area contributed by atoms with Gasteiger partial charge in [0.15, 0.2) is 11.3 Å². The van der Waals surface area contributed by atoms with Gasteiger partial charge in [0.1, 0.15) is 10.7 Å². The highest BCUT2D eigenvalue weighted by atomic mass is 35.5. The van der Waals surface area contributed by atoms with E-state index >= 15 is 0 Å². The van der Waals surface area contributed by atoms with E-state index in [4.69, 9.17) is 27.6 Å². The number of phenolic OH excluding ortho intramolecular Hbond substituents is 1. The van der Waals surface area contributed by atoms with Crippen molar-refractivity contribution in [2.45, 2.75) is 6.92 Å². The summed E-state index contributed by atoms with van der Waals surface area (Å²) in [6.07, 6.45) is 3.04. The predicted molar refractivity (Wildman–Crippen MR) is 99.2 cm³/mol. The Morgan fingerprint density at radius 1 is 1.23 bits per heavy atom. The van der Waals surface area contributed by atoms with Crippen LogP contribution in [0.2, 0.25) is 10.2 Å². The number of furan rings is 2. The van der Waals surface area contributed by atoms with E-state index in [1.54, 1.807) is 12.3 Å². The Labute approximate surface area is 157 Å². The number of halogens is 2. The zero-order valence-electron chi connectivity index (χ0n) is 13.4. The second-order valence-corrected chi connectivity index (χ2v) is 6.48. The summed E-state index contributed by atoms with van der Waals surface area (Å²) in [6.45, 7) is 1.84. The third kappa shape index (κ3) is 2.73. The average Bonchev–Trinajstić information content (AvgIpc) is 3.15. The van der Waals surface area contributed by atoms with Crippen molar-refractivity contribution in [3.63, 3.8) is 0 Å². The van der Waals surface area contributed by atoms with Crippen molar-refractivity contribution in [3.05, 3.63) is 58.1 Å². The third-order valence-electron chi connectivity index (χ3n) is 3.90. The standard InChI is InChI=1S/C18H11Cl2N3O3/c1-8-4-9(2-3-21-8)14-15(13-6-12(24)16(14)26-13)18(25)23-10-5-11(19)17(20)22-7-10/h2-7,24H,1H3,(H,23,25). The lowest BCUT2D eigenvalue weighted by Gasteiger charge is -2.09. The maximum Gasteiger partial charge on any atom is 0.260 e. The van der Waals surface area contributed by atoms with Crippen LogP contribution >= 0.6 is 23.2 Å². The number of aryl methyl sites for hydroxylation is 1. The van der Waals surface area contributed by atoms with Crippen molar-refractivity contribution < 1.29 is 14.3 Å². The molecule has 0 atom stereocenters. The lowest BCUT2D eigenvalue weighted by molar-refractivity contribution is 0.102. The van der Waals surface area contributed by atoms with Crippen molar-refractivity contribution in [1.29, 1.82) is 0 Å². The number of nitrogens with one attached hydrogen (secondary N) is 1. The summed E-state index contributed by atoms with van der Waals surface area (Å²) < 4.78 is 5.58. The monoisotopic (exact) mass is 387 g/mol. The van der Waals surface area contributed by atoms with E-state index < -0.39 is 5.91 Å². The molecule has 0 aliphatic heterocycles. The summed E-state index contributed by atoms with van der Waals surface area (Å²) in [5.41, 5.74) is 3.25. The molecule has 1 amide bonds. The number of nitrogens with zero attached hydrogens (tertiary/aromatic N) is 2. The number of rotatable bonds is 3. The topological polar surface area (TPSA) is 88.2 Å². The number of anilines is 1. The number of hydrogen-bond donors (Lipinski definition) is 2. The summed E-state index contributed by atoms with van der Waals surface area (Å²) in [7, 11) is 0. The molecule has 2 N–H and O–H groups in total. The lowest BCUT2D eigenvalue weighted by Crippen LogP contribution is -2.13. The van der Waals surface area contributed by atoms with Gasteiger partial charge in [0.05, 0.1) is 22.5 Å². The molecule has 130 valence electrons. The van der Waals surface area contributed by atoms with Crippen LogP contribution in [0.15, 0.2) is 41.1 Å². The summed E-state index contributed by atoms with van der Waals surface area (Å²) in [5, 5.41) is 13.1. The molecule has 4 aromatic heterocycles. The number of aromatic hydroxyl groups is 1. The number of carbonyl (C=O) groups excluding carboxylic acids is 1. The van der Waals surface area contributed by atoms with Gasteiger partial charge >= 0.3 is 0 Å². The zero-order valence-corrected chi connectivity index (χ0v) is 14.9. The molecular formula is C18H11Cl2N3O3. The minimum Gasteiger partial charge on any atom is -0.504 e. The Morgan fingerprint density at radius 3 is 2.77 bits per heavy atom. The first-order chi connectivity index (χ1) is 12.4. The van der Waals surface area contributed by atoms with Gasteiger partial charge in [-0.2, -0.15) is 0 Å². The van der Waals surface area contributed by atoms with E-state index in [0.717, 1.165) is 11.3 Å². The predicted octanol–water partition coefficient (Wildman–Crippen LogP) is 4.90. The normalized spacial score (nSPS) is 11.2. The molecule has 0 fully saturated rings.